The Balaban J connectivity index is 2.12. The molecule has 1 aromatic carbocycles. The standard InChI is InChI=1S/C19H27NO4S/c1-12-13(2)18(25(22,23)20-10-7-15(21)8-11-20)14(3)16-6-9-19(4,5)24-17(12)16/h6-11H2,1-5H3. The summed E-state index contributed by atoms with van der Waals surface area (Å²) < 4.78 is 34.2. The topological polar surface area (TPSA) is 63.7 Å². The van der Waals surface area contributed by atoms with Gasteiger partial charge in [0.15, 0.2) is 0 Å². The van der Waals surface area contributed by atoms with Gasteiger partial charge in [0.1, 0.15) is 17.1 Å². The van der Waals surface area contributed by atoms with Crippen LogP contribution < -0.4 is 4.74 Å². The first-order valence-electron chi connectivity index (χ1n) is 8.88. The predicted molar refractivity (Wildman–Crippen MR) is 96.7 cm³/mol. The van der Waals surface area contributed by atoms with Crippen molar-refractivity contribution >= 4 is 15.8 Å². The minimum absolute atomic E-state index is 0.136. The summed E-state index contributed by atoms with van der Waals surface area (Å²) in [6.07, 6.45) is 2.29. The highest BCUT2D eigenvalue weighted by Gasteiger charge is 2.36. The minimum Gasteiger partial charge on any atom is -0.487 e. The first kappa shape index (κ1) is 18.4. The molecule has 0 N–H and O–H groups in total. The van der Waals surface area contributed by atoms with Gasteiger partial charge < -0.3 is 4.74 Å². The Labute approximate surface area is 150 Å². The number of carbonyl (C=O) groups is 1. The van der Waals surface area contributed by atoms with E-state index in [2.05, 4.69) is 13.8 Å². The smallest absolute Gasteiger partial charge is 0.243 e. The Hall–Kier alpha value is -1.40. The molecule has 0 saturated carbocycles. The van der Waals surface area contributed by atoms with Crippen LogP contribution in [-0.2, 0) is 21.2 Å². The highest BCUT2D eigenvalue weighted by Crippen LogP contribution is 2.42. The van der Waals surface area contributed by atoms with Crippen molar-refractivity contribution in [2.24, 2.45) is 0 Å². The Morgan fingerprint density at radius 3 is 2.16 bits per heavy atom. The predicted octanol–water partition coefficient (Wildman–Crippen LogP) is 3.07. The number of hydrogen-bond acceptors (Lipinski definition) is 4. The summed E-state index contributed by atoms with van der Waals surface area (Å²) in [6, 6.07) is 0. The molecule has 5 nitrogen and oxygen atoms in total. The molecule has 0 spiro atoms. The van der Waals surface area contributed by atoms with E-state index in [1.54, 1.807) is 0 Å². The maximum absolute atomic E-state index is 13.3. The van der Waals surface area contributed by atoms with E-state index in [0.29, 0.717) is 17.7 Å². The second-order valence-electron chi connectivity index (χ2n) is 7.82. The Kier molecular flexibility index (Phi) is 4.48. The lowest BCUT2D eigenvalue weighted by Gasteiger charge is -2.36. The maximum Gasteiger partial charge on any atom is 0.243 e. The average Bonchev–Trinajstić information content (AvgIpc) is 2.52. The number of ether oxygens (including phenoxy) is 1. The number of Topliss-reactive ketones (excluding diaryl/α,β-unsaturated/α-hetero) is 1. The highest BCUT2D eigenvalue weighted by atomic mass is 32.2. The molecule has 2 aliphatic heterocycles. The first-order valence-corrected chi connectivity index (χ1v) is 10.3. The highest BCUT2D eigenvalue weighted by molar-refractivity contribution is 7.89. The van der Waals surface area contributed by atoms with E-state index in [9.17, 15) is 13.2 Å². The fourth-order valence-corrected chi connectivity index (χ4v) is 5.81. The van der Waals surface area contributed by atoms with E-state index in [-0.39, 0.29) is 24.5 Å². The van der Waals surface area contributed by atoms with Crippen LogP contribution in [0, 0.1) is 20.8 Å². The molecule has 0 atom stereocenters. The maximum atomic E-state index is 13.3. The summed E-state index contributed by atoms with van der Waals surface area (Å²) in [7, 11) is -3.61. The molecule has 3 rings (SSSR count). The Morgan fingerprint density at radius 1 is 0.960 bits per heavy atom. The molecule has 25 heavy (non-hydrogen) atoms. The number of ketones is 1. The van der Waals surface area contributed by atoms with Gasteiger partial charge in [0.2, 0.25) is 10.0 Å². The van der Waals surface area contributed by atoms with Crippen molar-refractivity contribution in [3.63, 3.8) is 0 Å². The quantitative estimate of drug-likeness (QED) is 0.808. The van der Waals surface area contributed by atoms with Gasteiger partial charge in [-0.15, -0.1) is 0 Å². The van der Waals surface area contributed by atoms with Crippen molar-refractivity contribution < 1.29 is 17.9 Å². The van der Waals surface area contributed by atoms with E-state index in [1.165, 1.54) is 4.31 Å². The SMILES string of the molecule is Cc1c(C)c(S(=O)(=O)N2CCC(=O)CC2)c(C)c2c1OC(C)(C)CC2. The zero-order chi connectivity index (χ0) is 18.6. The second kappa shape index (κ2) is 6.09. The van der Waals surface area contributed by atoms with Crippen molar-refractivity contribution in [1.82, 2.24) is 4.31 Å². The van der Waals surface area contributed by atoms with E-state index in [0.717, 1.165) is 40.8 Å². The molecular weight excluding hydrogens is 338 g/mol. The number of nitrogens with zero attached hydrogens (tertiary/aromatic N) is 1. The van der Waals surface area contributed by atoms with Crippen LogP contribution in [-0.4, -0.2) is 37.2 Å². The number of piperidine rings is 1. The second-order valence-corrected chi connectivity index (χ2v) is 9.69. The summed E-state index contributed by atoms with van der Waals surface area (Å²) in [5.41, 5.74) is 3.23. The van der Waals surface area contributed by atoms with Crippen molar-refractivity contribution in [3.8, 4) is 5.75 Å². The third kappa shape index (κ3) is 3.10. The van der Waals surface area contributed by atoms with E-state index in [4.69, 9.17) is 4.74 Å². The molecule has 6 heteroatoms. The molecule has 1 saturated heterocycles. The number of carbonyl (C=O) groups excluding carboxylic acids is 1. The molecule has 1 fully saturated rings. The molecule has 0 radical (unpaired) electrons. The lowest BCUT2D eigenvalue weighted by molar-refractivity contribution is -0.120. The fraction of sp³-hybridized carbons (Fsp3) is 0.632. The van der Waals surface area contributed by atoms with Gasteiger partial charge in [0.05, 0.1) is 4.90 Å². The van der Waals surface area contributed by atoms with Gasteiger partial charge in [-0.2, -0.15) is 4.31 Å². The lowest BCUT2D eigenvalue weighted by Crippen LogP contribution is -2.39. The third-order valence-electron chi connectivity index (χ3n) is 5.54. The van der Waals surface area contributed by atoms with E-state index >= 15 is 0 Å². The molecule has 2 aliphatic rings. The zero-order valence-corrected chi connectivity index (χ0v) is 16.5. The largest absolute Gasteiger partial charge is 0.487 e. The molecule has 0 unspecified atom stereocenters. The Bertz CT molecular complexity index is 830. The van der Waals surface area contributed by atoms with Gasteiger partial charge in [-0.25, -0.2) is 8.42 Å². The van der Waals surface area contributed by atoms with Crippen LogP contribution in [0.4, 0.5) is 0 Å². The molecule has 138 valence electrons. The summed E-state index contributed by atoms with van der Waals surface area (Å²) >= 11 is 0. The van der Waals surface area contributed by atoms with Gasteiger partial charge in [-0.3, -0.25) is 4.79 Å². The minimum atomic E-state index is -3.61. The zero-order valence-electron chi connectivity index (χ0n) is 15.7. The fourth-order valence-electron chi connectivity index (χ4n) is 3.84. The first-order chi connectivity index (χ1) is 11.5. The third-order valence-corrected chi connectivity index (χ3v) is 7.72. The summed E-state index contributed by atoms with van der Waals surface area (Å²) in [4.78, 5) is 11.9. The van der Waals surface area contributed by atoms with Gasteiger partial charge in [0.25, 0.3) is 0 Å². The number of rotatable bonds is 2. The summed E-state index contributed by atoms with van der Waals surface area (Å²) in [5.74, 6) is 0.983. The summed E-state index contributed by atoms with van der Waals surface area (Å²) in [5, 5.41) is 0. The van der Waals surface area contributed by atoms with Crippen LogP contribution in [0.3, 0.4) is 0 Å². The Morgan fingerprint density at radius 2 is 1.56 bits per heavy atom. The number of benzene rings is 1. The molecular formula is C19H27NO4S. The van der Waals surface area contributed by atoms with Crippen LogP contribution in [0.25, 0.3) is 0 Å². The van der Waals surface area contributed by atoms with E-state index < -0.39 is 10.0 Å². The normalized spacial score (nSPS) is 20.9. The van der Waals surface area contributed by atoms with Crippen molar-refractivity contribution in [3.05, 3.63) is 22.3 Å². The van der Waals surface area contributed by atoms with Crippen LogP contribution in [0.15, 0.2) is 4.90 Å². The van der Waals surface area contributed by atoms with Crippen LogP contribution in [0.5, 0.6) is 5.75 Å². The number of fused-ring (bicyclic) bond motifs is 1. The van der Waals surface area contributed by atoms with Crippen molar-refractivity contribution in [1.29, 1.82) is 0 Å². The molecule has 0 aromatic heterocycles. The van der Waals surface area contributed by atoms with E-state index in [1.807, 2.05) is 20.8 Å². The van der Waals surface area contributed by atoms with Crippen molar-refractivity contribution in [2.45, 2.75) is 70.8 Å². The van der Waals surface area contributed by atoms with Crippen molar-refractivity contribution in [2.75, 3.05) is 13.1 Å². The van der Waals surface area contributed by atoms with Gasteiger partial charge in [-0.1, -0.05) is 0 Å². The van der Waals surface area contributed by atoms with Gasteiger partial charge in [-0.05, 0) is 69.7 Å². The van der Waals surface area contributed by atoms with Gasteiger partial charge in [0, 0.05) is 25.9 Å². The molecule has 0 aliphatic carbocycles. The number of hydrogen-bond donors (Lipinski definition) is 0. The number of sulfonamides is 1. The lowest BCUT2D eigenvalue weighted by atomic mass is 9.88. The van der Waals surface area contributed by atoms with Gasteiger partial charge >= 0.3 is 0 Å². The molecule has 0 bridgehead atoms. The molecule has 2 heterocycles. The average molecular weight is 365 g/mol. The van der Waals surface area contributed by atoms with Crippen LogP contribution in [0.1, 0.15) is 55.4 Å². The molecule has 0 amide bonds. The molecule has 1 aromatic rings. The monoisotopic (exact) mass is 365 g/mol. The van der Waals surface area contributed by atoms with Crippen LogP contribution >= 0.6 is 0 Å². The van der Waals surface area contributed by atoms with Crippen LogP contribution in [0.2, 0.25) is 0 Å². The summed E-state index contributed by atoms with van der Waals surface area (Å²) in [6.45, 7) is 10.4.